The van der Waals surface area contributed by atoms with E-state index in [9.17, 15) is 10.1 Å². The average Bonchev–Trinajstić information content (AvgIpc) is 3.36. The number of aromatic nitrogens is 4. The zero-order chi connectivity index (χ0) is 24.5. The highest BCUT2D eigenvalue weighted by Crippen LogP contribution is 2.38. The Morgan fingerprint density at radius 3 is 3.00 bits per heavy atom. The fourth-order valence-electron chi connectivity index (χ4n) is 4.67. The number of carbonyl (C=O) groups excluding carboxylic acids is 1. The molecular formula is C25H23N7O3. The number of aryl methyl sites for hydroxylation is 1. The van der Waals surface area contributed by atoms with Crippen molar-refractivity contribution >= 4 is 28.4 Å². The van der Waals surface area contributed by atoms with Crippen molar-refractivity contribution in [2.45, 2.75) is 25.8 Å². The number of carbonyl (C=O) groups is 1. The number of nitriles is 1. The molecule has 1 amide bonds. The summed E-state index contributed by atoms with van der Waals surface area (Å²) in [6.45, 7) is 3.34. The molecule has 0 aliphatic carbocycles. The molecule has 5 rings (SSSR count). The highest BCUT2D eigenvalue weighted by molar-refractivity contribution is 5.93. The number of anilines is 1. The second-order valence-electron chi connectivity index (χ2n) is 8.39. The van der Waals surface area contributed by atoms with Crippen LogP contribution in [0.3, 0.4) is 0 Å². The number of nitrogens with zero attached hydrogens (tertiary/aromatic N) is 6. The Kier molecular flexibility index (Phi) is 5.71. The average molecular weight is 470 g/mol. The number of aromatic amines is 1. The van der Waals surface area contributed by atoms with Gasteiger partial charge in [-0.3, -0.25) is 9.89 Å². The number of ether oxygens (including phenoxy) is 2. The predicted octanol–water partition coefficient (Wildman–Crippen LogP) is 2.21. The van der Waals surface area contributed by atoms with Crippen LogP contribution in [0.15, 0.2) is 24.4 Å². The van der Waals surface area contributed by atoms with E-state index in [1.165, 1.54) is 7.11 Å². The number of terminal acetylenes is 1. The van der Waals surface area contributed by atoms with E-state index in [1.54, 1.807) is 11.1 Å². The van der Waals surface area contributed by atoms with E-state index in [4.69, 9.17) is 15.9 Å². The van der Waals surface area contributed by atoms with E-state index in [1.807, 2.05) is 30.0 Å². The highest BCUT2D eigenvalue weighted by Gasteiger charge is 2.33. The summed E-state index contributed by atoms with van der Waals surface area (Å²) in [5.41, 5.74) is 3.75. The molecule has 1 saturated heterocycles. The molecule has 1 fully saturated rings. The SMILES string of the molecule is C#CC(=O)N1CCN(c2nc(OC)nc3c2CC=C(c2c(C)ccc4[nH]ncc24)O3)CC1CC#N. The predicted molar refractivity (Wildman–Crippen MR) is 129 cm³/mol. The summed E-state index contributed by atoms with van der Waals surface area (Å²) in [6.07, 6.45) is 9.85. The molecule has 2 aromatic heterocycles. The van der Waals surface area contributed by atoms with Gasteiger partial charge in [0.1, 0.15) is 11.6 Å². The normalized spacial score (nSPS) is 17.1. The maximum atomic E-state index is 12.2. The van der Waals surface area contributed by atoms with Crippen LogP contribution in [-0.2, 0) is 11.2 Å². The van der Waals surface area contributed by atoms with Gasteiger partial charge in [0, 0.05) is 37.0 Å². The van der Waals surface area contributed by atoms with Crippen LogP contribution in [0.1, 0.15) is 23.1 Å². The number of rotatable bonds is 4. The van der Waals surface area contributed by atoms with Gasteiger partial charge in [0.15, 0.2) is 0 Å². The van der Waals surface area contributed by atoms with Crippen molar-refractivity contribution in [1.82, 2.24) is 25.1 Å². The van der Waals surface area contributed by atoms with Crippen LogP contribution < -0.4 is 14.4 Å². The molecule has 1 atom stereocenters. The molecule has 2 aliphatic heterocycles. The molecule has 35 heavy (non-hydrogen) atoms. The van der Waals surface area contributed by atoms with Crippen molar-refractivity contribution in [2.24, 2.45) is 0 Å². The van der Waals surface area contributed by atoms with Gasteiger partial charge in [-0.05, 0) is 30.6 Å². The van der Waals surface area contributed by atoms with Gasteiger partial charge in [-0.1, -0.05) is 6.07 Å². The van der Waals surface area contributed by atoms with Crippen LogP contribution in [0.5, 0.6) is 11.9 Å². The van der Waals surface area contributed by atoms with Gasteiger partial charge in [0.2, 0.25) is 5.88 Å². The minimum absolute atomic E-state index is 0.170. The largest absolute Gasteiger partial charge is 0.467 e. The Bertz CT molecular complexity index is 1430. The fourth-order valence-corrected chi connectivity index (χ4v) is 4.67. The van der Waals surface area contributed by atoms with E-state index in [-0.39, 0.29) is 18.5 Å². The first-order valence-electron chi connectivity index (χ1n) is 11.2. The zero-order valence-corrected chi connectivity index (χ0v) is 19.4. The van der Waals surface area contributed by atoms with Crippen molar-refractivity contribution in [3.05, 3.63) is 41.1 Å². The molecule has 2 aliphatic rings. The first-order valence-corrected chi connectivity index (χ1v) is 11.2. The van der Waals surface area contributed by atoms with Crippen LogP contribution in [0.4, 0.5) is 5.82 Å². The Morgan fingerprint density at radius 1 is 1.37 bits per heavy atom. The maximum Gasteiger partial charge on any atom is 0.321 e. The number of allylic oxidation sites excluding steroid dienone is 1. The minimum Gasteiger partial charge on any atom is -0.467 e. The molecule has 3 aromatic rings. The van der Waals surface area contributed by atoms with Crippen LogP contribution in [0.25, 0.3) is 16.7 Å². The van der Waals surface area contributed by atoms with Crippen LogP contribution in [-0.4, -0.2) is 63.8 Å². The summed E-state index contributed by atoms with van der Waals surface area (Å²) in [6, 6.07) is 6.00. The summed E-state index contributed by atoms with van der Waals surface area (Å²) in [5.74, 6) is 3.53. The highest BCUT2D eigenvalue weighted by atomic mass is 16.5. The molecule has 1 aromatic carbocycles. The third kappa shape index (κ3) is 3.89. The number of methoxy groups -OCH3 is 1. The monoisotopic (exact) mass is 469 g/mol. The van der Waals surface area contributed by atoms with E-state index in [0.717, 1.165) is 27.6 Å². The molecule has 0 bridgehead atoms. The van der Waals surface area contributed by atoms with Crippen LogP contribution >= 0.6 is 0 Å². The molecular weight excluding hydrogens is 446 g/mol. The number of benzene rings is 1. The Hall–Kier alpha value is -4.57. The lowest BCUT2D eigenvalue weighted by Gasteiger charge is -2.41. The quantitative estimate of drug-likeness (QED) is 0.578. The topological polar surface area (TPSA) is 120 Å². The van der Waals surface area contributed by atoms with Gasteiger partial charge in [-0.15, -0.1) is 6.42 Å². The van der Waals surface area contributed by atoms with Crippen molar-refractivity contribution in [3.8, 4) is 30.3 Å². The van der Waals surface area contributed by atoms with Crippen molar-refractivity contribution in [3.63, 3.8) is 0 Å². The molecule has 4 heterocycles. The van der Waals surface area contributed by atoms with Gasteiger partial charge in [-0.2, -0.15) is 20.3 Å². The third-order valence-electron chi connectivity index (χ3n) is 6.38. The Balaban J connectivity index is 1.50. The molecule has 1 unspecified atom stereocenters. The zero-order valence-electron chi connectivity index (χ0n) is 19.4. The lowest BCUT2D eigenvalue weighted by molar-refractivity contribution is -0.127. The van der Waals surface area contributed by atoms with Gasteiger partial charge in [0.05, 0.1) is 42.9 Å². The molecule has 176 valence electrons. The van der Waals surface area contributed by atoms with Crippen molar-refractivity contribution in [1.29, 1.82) is 5.26 Å². The van der Waals surface area contributed by atoms with E-state index >= 15 is 0 Å². The summed E-state index contributed by atoms with van der Waals surface area (Å²) in [5, 5.41) is 17.4. The summed E-state index contributed by atoms with van der Waals surface area (Å²) >= 11 is 0. The minimum atomic E-state index is -0.410. The Morgan fingerprint density at radius 2 is 2.23 bits per heavy atom. The lowest BCUT2D eigenvalue weighted by Crippen LogP contribution is -2.55. The molecule has 0 spiro atoms. The molecule has 10 nitrogen and oxygen atoms in total. The second-order valence-corrected chi connectivity index (χ2v) is 8.39. The first kappa shape index (κ1) is 22.2. The third-order valence-corrected chi connectivity index (χ3v) is 6.38. The summed E-state index contributed by atoms with van der Waals surface area (Å²) in [7, 11) is 1.50. The van der Waals surface area contributed by atoms with Gasteiger partial charge >= 0.3 is 6.01 Å². The van der Waals surface area contributed by atoms with Gasteiger partial charge < -0.3 is 19.3 Å². The smallest absolute Gasteiger partial charge is 0.321 e. The number of hydrogen-bond acceptors (Lipinski definition) is 8. The van der Waals surface area contributed by atoms with Crippen LogP contribution in [0.2, 0.25) is 0 Å². The molecule has 10 heteroatoms. The first-order chi connectivity index (χ1) is 17.0. The standard InChI is InChI=1S/C25H23N7O3/c1-4-21(33)32-12-11-31(14-16(32)9-10-26)23-17-6-8-20(35-24(17)29-25(28-23)34-3)22-15(2)5-7-19-18(22)13-27-30-19/h1,5,7-8,13,16H,6,9,11-12,14H2,2-3H3,(H,27,30). The molecule has 1 N–H and O–H groups in total. The van der Waals surface area contributed by atoms with Crippen LogP contribution in [0, 0.1) is 30.6 Å². The van der Waals surface area contributed by atoms with Crippen molar-refractivity contribution in [2.75, 3.05) is 31.6 Å². The maximum absolute atomic E-state index is 12.2. The second kappa shape index (κ2) is 8.99. The summed E-state index contributed by atoms with van der Waals surface area (Å²) in [4.78, 5) is 24.9. The van der Waals surface area contributed by atoms with E-state index < -0.39 is 5.91 Å². The number of hydrogen-bond donors (Lipinski definition) is 1. The number of amides is 1. The molecule has 0 saturated carbocycles. The number of H-pyrrole nitrogens is 1. The molecule has 0 radical (unpaired) electrons. The lowest BCUT2D eigenvalue weighted by atomic mass is 9.99. The van der Waals surface area contributed by atoms with Gasteiger partial charge in [-0.25, -0.2) is 0 Å². The number of piperazine rings is 1. The number of fused-ring (bicyclic) bond motifs is 2. The summed E-state index contributed by atoms with van der Waals surface area (Å²) < 4.78 is 11.7. The van der Waals surface area contributed by atoms with E-state index in [0.29, 0.717) is 43.5 Å². The number of nitrogens with one attached hydrogen (secondary N) is 1. The fraction of sp³-hybridized carbons (Fsp3) is 0.320. The van der Waals surface area contributed by atoms with E-state index in [2.05, 4.69) is 32.2 Å². The van der Waals surface area contributed by atoms with Crippen molar-refractivity contribution < 1.29 is 14.3 Å². The van der Waals surface area contributed by atoms with Gasteiger partial charge in [0.25, 0.3) is 5.91 Å². The Labute approximate surface area is 202 Å².